The van der Waals surface area contributed by atoms with E-state index in [1.807, 2.05) is 0 Å². The molecule has 0 aliphatic carbocycles. The number of nitro groups is 1. The van der Waals surface area contributed by atoms with Gasteiger partial charge in [-0.2, -0.15) is 0 Å². The first-order chi connectivity index (χ1) is 14.3. The number of aromatic carboxylic acids is 1. The van der Waals surface area contributed by atoms with Gasteiger partial charge in [0.2, 0.25) is 0 Å². The first-order valence-corrected chi connectivity index (χ1v) is 9.08. The van der Waals surface area contributed by atoms with Gasteiger partial charge in [-0.15, -0.1) is 0 Å². The molecule has 3 rings (SSSR count). The third-order valence-corrected chi connectivity index (χ3v) is 4.52. The molecule has 1 amide bonds. The number of carboxylic acid groups (broad SMARTS) is 1. The largest absolute Gasteiger partial charge is 0.478 e. The average molecular weight is 423 g/mol. The van der Waals surface area contributed by atoms with Crippen LogP contribution in [0.1, 0.15) is 21.5 Å². The number of carbonyl (C=O) groups is 2. The van der Waals surface area contributed by atoms with Gasteiger partial charge in [0.1, 0.15) is 5.02 Å². The van der Waals surface area contributed by atoms with Crippen LogP contribution >= 0.6 is 11.6 Å². The summed E-state index contributed by atoms with van der Waals surface area (Å²) in [6.45, 7) is 0. The summed E-state index contributed by atoms with van der Waals surface area (Å²) in [5.41, 5.74) is 1.56. The third-order valence-electron chi connectivity index (χ3n) is 4.20. The van der Waals surface area contributed by atoms with Crippen molar-refractivity contribution in [2.45, 2.75) is 0 Å². The van der Waals surface area contributed by atoms with Crippen molar-refractivity contribution in [1.29, 1.82) is 0 Å². The average Bonchev–Trinajstić information content (AvgIpc) is 2.73. The molecule has 0 spiro atoms. The second-order valence-electron chi connectivity index (χ2n) is 6.23. The number of carbonyl (C=O) groups excluding carboxylic acids is 1. The number of carboxylic acids is 1. The van der Waals surface area contributed by atoms with Gasteiger partial charge in [0, 0.05) is 17.3 Å². The van der Waals surface area contributed by atoms with Crippen molar-refractivity contribution in [2.75, 3.05) is 5.32 Å². The highest BCUT2D eigenvalue weighted by Gasteiger charge is 2.16. The zero-order valence-electron chi connectivity index (χ0n) is 15.4. The summed E-state index contributed by atoms with van der Waals surface area (Å²) in [5, 5.41) is 22.9. The van der Waals surface area contributed by atoms with Gasteiger partial charge in [-0.25, -0.2) is 4.79 Å². The lowest BCUT2D eigenvalue weighted by molar-refractivity contribution is -0.384. The molecule has 0 heterocycles. The van der Waals surface area contributed by atoms with E-state index in [1.165, 1.54) is 42.5 Å². The zero-order chi connectivity index (χ0) is 21.7. The quantitative estimate of drug-likeness (QED) is 0.248. The predicted octanol–water partition coefficient (Wildman–Crippen LogP) is 5.13. The standard InChI is InChI=1S/C22H15ClN2O5/c23-19-11-6-14(13-20(19)25(29)30)12-18(15-4-2-1-3-5-15)21(26)24-17-9-7-16(8-10-17)22(27)28/h1-13H,(H,24,26)(H,27,28). The van der Waals surface area contributed by atoms with Crippen molar-refractivity contribution >= 4 is 46.5 Å². The van der Waals surface area contributed by atoms with Crippen LogP contribution in [0.15, 0.2) is 72.8 Å². The van der Waals surface area contributed by atoms with E-state index >= 15 is 0 Å². The topological polar surface area (TPSA) is 110 Å². The molecule has 0 aromatic heterocycles. The van der Waals surface area contributed by atoms with Crippen LogP contribution in [0.25, 0.3) is 11.6 Å². The number of nitro benzene ring substituents is 1. The maximum absolute atomic E-state index is 13.0. The molecule has 150 valence electrons. The number of hydrogen-bond donors (Lipinski definition) is 2. The number of rotatable bonds is 6. The molecule has 0 unspecified atom stereocenters. The van der Waals surface area contributed by atoms with Crippen molar-refractivity contribution in [3.8, 4) is 0 Å². The molecule has 3 aromatic carbocycles. The van der Waals surface area contributed by atoms with Gasteiger partial charge in [-0.05, 0) is 47.5 Å². The predicted molar refractivity (Wildman–Crippen MR) is 114 cm³/mol. The minimum absolute atomic E-state index is 0.00128. The van der Waals surface area contributed by atoms with Crippen molar-refractivity contribution in [2.24, 2.45) is 0 Å². The molecule has 30 heavy (non-hydrogen) atoms. The highest BCUT2D eigenvalue weighted by molar-refractivity contribution is 6.33. The van der Waals surface area contributed by atoms with Gasteiger partial charge in [0.25, 0.3) is 11.6 Å². The van der Waals surface area contributed by atoms with Crippen LogP contribution in [-0.2, 0) is 4.79 Å². The smallest absolute Gasteiger partial charge is 0.335 e. The summed E-state index contributed by atoms with van der Waals surface area (Å²) >= 11 is 5.87. The van der Waals surface area contributed by atoms with Gasteiger partial charge >= 0.3 is 5.97 Å². The van der Waals surface area contributed by atoms with Gasteiger partial charge in [-0.3, -0.25) is 14.9 Å². The summed E-state index contributed by atoms with van der Waals surface area (Å²) in [7, 11) is 0. The second kappa shape index (κ2) is 9.02. The van der Waals surface area contributed by atoms with Crippen LogP contribution in [0.4, 0.5) is 11.4 Å². The lowest BCUT2D eigenvalue weighted by Gasteiger charge is -2.10. The highest BCUT2D eigenvalue weighted by atomic mass is 35.5. The Morgan fingerprint density at radius 2 is 1.63 bits per heavy atom. The van der Waals surface area contributed by atoms with E-state index in [0.717, 1.165) is 0 Å². The Hall–Kier alpha value is -3.97. The van der Waals surface area contributed by atoms with Gasteiger partial charge in [0.05, 0.1) is 10.5 Å². The Kier molecular flexibility index (Phi) is 6.24. The lowest BCUT2D eigenvalue weighted by Crippen LogP contribution is -2.13. The molecule has 0 aliphatic rings. The highest BCUT2D eigenvalue weighted by Crippen LogP contribution is 2.28. The lowest BCUT2D eigenvalue weighted by atomic mass is 10.0. The van der Waals surface area contributed by atoms with Crippen LogP contribution in [0.2, 0.25) is 5.02 Å². The fourth-order valence-electron chi connectivity index (χ4n) is 2.72. The van der Waals surface area contributed by atoms with E-state index in [9.17, 15) is 19.7 Å². The molecule has 0 saturated heterocycles. The van der Waals surface area contributed by atoms with E-state index in [4.69, 9.17) is 16.7 Å². The van der Waals surface area contributed by atoms with Gasteiger partial charge < -0.3 is 10.4 Å². The molecule has 0 saturated carbocycles. The Bertz CT molecular complexity index is 1140. The first-order valence-electron chi connectivity index (χ1n) is 8.71. The van der Waals surface area contributed by atoms with Crippen LogP contribution in [0.5, 0.6) is 0 Å². The van der Waals surface area contributed by atoms with Crippen molar-refractivity contribution in [3.05, 3.63) is 105 Å². The zero-order valence-corrected chi connectivity index (χ0v) is 16.2. The molecule has 0 aliphatic heterocycles. The SMILES string of the molecule is O=C(Nc1ccc(C(=O)O)cc1)C(=Cc1ccc(Cl)c([N+](=O)[O-])c1)c1ccccc1. The fraction of sp³-hybridized carbons (Fsp3) is 0. The Morgan fingerprint density at radius 1 is 0.967 bits per heavy atom. The molecule has 0 atom stereocenters. The van der Waals surface area contributed by atoms with Crippen molar-refractivity contribution in [3.63, 3.8) is 0 Å². The number of halogens is 1. The number of nitrogens with zero attached hydrogens (tertiary/aromatic N) is 1. The molecular weight excluding hydrogens is 408 g/mol. The van der Waals surface area contributed by atoms with Crippen LogP contribution in [0.3, 0.4) is 0 Å². The first kappa shape index (κ1) is 20.8. The molecular formula is C22H15ClN2O5. The van der Waals surface area contributed by atoms with E-state index < -0.39 is 16.8 Å². The molecule has 0 fully saturated rings. The minimum Gasteiger partial charge on any atom is -0.478 e. The van der Waals surface area contributed by atoms with Crippen molar-refractivity contribution < 1.29 is 19.6 Å². The second-order valence-corrected chi connectivity index (χ2v) is 6.64. The van der Waals surface area contributed by atoms with E-state index in [2.05, 4.69) is 5.32 Å². The normalized spacial score (nSPS) is 11.0. The van der Waals surface area contributed by atoms with Crippen molar-refractivity contribution in [1.82, 2.24) is 0 Å². The molecule has 0 radical (unpaired) electrons. The maximum Gasteiger partial charge on any atom is 0.335 e. The fourth-order valence-corrected chi connectivity index (χ4v) is 2.90. The number of anilines is 1. The monoisotopic (exact) mass is 422 g/mol. The number of nitrogens with one attached hydrogen (secondary N) is 1. The Morgan fingerprint density at radius 3 is 2.23 bits per heavy atom. The van der Waals surface area contributed by atoms with Crippen LogP contribution in [0, 0.1) is 10.1 Å². The Labute approximate surface area is 176 Å². The molecule has 2 N–H and O–H groups in total. The van der Waals surface area contributed by atoms with Gasteiger partial charge in [-0.1, -0.05) is 48.0 Å². The van der Waals surface area contributed by atoms with E-state index in [0.29, 0.717) is 16.8 Å². The summed E-state index contributed by atoms with van der Waals surface area (Å²) in [6, 6.07) is 18.8. The van der Waals surface area contributed by atoms with Crippen LogP contribution in [-0.4, -0.2) is 21.9 Å². The Balaban J connectivity index is 1.98. The molecule has 8 heteroatoms. The minimum atomic E-state index is -1.07. The molecule has 3 aromatic rings. The summed E-state index contributed by atoms with van der Waals surface area (Å²) in [4.78, 5) is 34.5. The van der Waals surface area contributed by atoms with Crippen LogP contribution < -0.4 is 5.32 Å². The number of amides is 1. The third kappa shape index (κ3) is 4.89. The number of hydrogen-bond acceptors (Lipinski definition) is 4. The summed E-state index contributed by atoms with van der Waals surface area (Å²) in [5.74, 6) is -1.52. The van der Waals surface area contributed by atoms with E-state index in [1.54, 1.807) is 36.4 Å². The molecule has 0 bridgehead atoms. The van der Waals surface area contributed by atoms with Gasteiger partial charge in [0.15, 0.2) is 0 Å². The van der Waals surface area contributed by atoms with E-state index in [-0.39, 0.29) is 21.8 Å². The number of benzene rings is 3. The molecule has 7 nitrogen and oxygen atoms in total. The summed E-state index contributed by atoms with van der Waals surface area (Å²) < 4.78 is 0. The maximum atomic E-state index is 13.0. The summed E-state index contributed by atoms with van der Waals surface area (Å²) in [6.07, 6.45) is 1.53.